The summed E-state index contributed by atoms with van der Waals surface area (Å²) in [5.41, 5.74) is 0. The summed E-state index contributed by atoms with van der Waals surface area (Å²) in [4.78, 5) is 2.73. The van der Waals surface area contributed by atoms with E-state index in [-0.39, 0.29) is 0 Å². The summed E-state index contributed by atoms with van der Waals surface area (Å²) < 4.78 is 5.80. The molecule has 0 bridgehead atoms. The predicted octanol–water partition coefficient (Wildman–Crippen LogP) is 2.65. The van der Waals surface area contributed by atoms with Gasteiger partial charge in [0.15, 0.2) is 0 Å². The lowest BCUT2D eigenvalue weighted by Gasteiger charge is -2.48. The molecule has 1 aliphatic carbocycles. The quantitative estimate of drug-likeness (QED) is 0.848. The van der Waals surface area contributed by atoms with E-state index in [2.05, 4.69) is 37.9 Å². The third-order valence-corrected chi connectivity index (χ3v) is 5.05. The van der Waals surface area contributed by atoms with Gasteiger partial charge in [-0.15, -0.1) is 0 Å². The molecule has 0 aromatic heterocycles. The summed E-state index contributed by atoms with van der Waals surface area (Å²) in [6, 6.07) is 1.96. The maximum absolute atomic E-state index is 5.80. The molecule has 3 heteroatoms. The van der Waals surface area contributed by atoms with E-state index < -0.39 is 0 Å². The van der Waals surface area contributed by atoms with Gasteiger partial charge in [-0.2, -0.15) is 0 Å². The van der Waals surface area contributed by atoms with Crippen molar-refractivity contribution in [2.24, 2.45) is 5.92 Å². The zero-order valence-corrected chi connectivity index (χ0v) is 13.2. The lowest BCUT2D eigenvalue weighted by atomic mass is 9.79. The molecular weight excluding hydrogens is 236 g/mol. The highest BCUT2D eigenvalue weighted by molar-refractivity contribution is 4.94. The highest BCUT2D eigenvalue weighted by Gasteiger charge is 2.37. The van der Waals surface area contributed by atoms with Gasteiger partial charge in [-0.3, -0.25) is 4.90 Å². The van der Waals surface area contributed by atoms with Crippen molar-refractivity contribution in [1.29, 1.82) is 0 Å². The summed E-state index contributed by atoms with van der Waals surface area (Å²) in [5, 5.41) is 3.73. The zero-order chi connectivity index (χ0) is 13.8. The van der Waals surface area contributed by atoms with E-state index in [9.17, 15) is 0 Å². The van der Waals surface area contributed by atoms with Gasteiger partial charge >= 0.3 is 0 Å². The third-order valence-electron chi connectivity index (χ3n) is 5.05. The molecule has 3 nitrogen and oxygen atoms in total. The molecule has 0 amide bonds. The van der Waals surface area contributed by atoms with E-state index in [4.69, 9.17) is 4.74 Å². The molecule has 0 aromatic rings. The van der Waals surface area contributed by atoms with E-state index >= 15 is 0 Å². The molecule has 0 radical (unpaired) electrons. The molecule has 1 N–H and O–H groups in total. The molecule has 0 spiro atoms. The number of rotatable bonds is 4. The van der Waals surface area contributed by atoms with Gasteiger partial charge in [0.1, 0.15) is 0 Å². The smallest absolute Gasteiger partial charge is 0.0674 e. The number of nitrogens with one attached hydrogen (secondary N) is 1. The normalized spacial score (nSPS) is 41.4. The number of hydrogen-bond donors (Lipinski definition) is 1. The zero-order valence-electron chi connectivity index (χ0n) is 13.2. The summed E-state index contributed by atoms with van der Waals surface area (Å²) in [6.07, 6.45) is 5.84. The summed E-state index contributed by atoms with van der Waals surface area (Å²) in [5.74, 6) is 0.922. The summed E-state index contributed by atoms with van der Waals surface area (Å²) >= 11 is 0. The van der Waals surface area contributed by atoms with Crippen LogP contribution < -0.4 is 5.32 Å². The summed E-state index contributed by atoms with van der Waals surface area (Å²) in [6.45, 7) is 12.2. The molecule has 5 unspecified atom stereocenters. The van der Waals surface area contributed by atoms with Crippen LogP contribution in [0.2, 0.25) is 0 Å². The number of morpholine rings is 1. The Bertz CT molecular complexity index is 271. The minimum absolute atomic E-state index is 0.389. The Labute approximate surface area is 119 Å². The van der Waals surface area contributed by atoms with Crippen LogP contribution in [0.1, 0.15) is 53.4 Å². The molecule has 2 rings (SSSR count). The van der Waals surface area contributed by atoms with Crippen LogP contribution in [0, 0.1) is 5.92 Å². The standard InChI is InChI=1S/C16H32N2O/c1-5-14-7-8-15(17-6-2)16(9-14)18-10-13(4)19-11-12(18)3/h12-17H,5-11H2,1-4H3. The van der Waals surface area contributed by atoms with E-state index in [0.29, 0.717) is 24.2 Å². The second-order valence-electron chi connectivity index (χ2n) is 6.51. The number of likely N-dealkylation sites (N-methyl/N-ethyl adjacent to an activating group) is 1. The first-order chi connectivity index (χ1) is 9.15. The van der Waals surface area contributed by atoms with Crippen LogP contribution in [0.25, 0.3) is 0 Å². The van der Waals surface area contributed by atoms with Gasteiger partial charge < -0.3 is 10.1 Å². The van der Waals surface area contributed by atoms with Crippen LogP contribution >= 0.6 is 0 Å². The second kappa shape index (κ2) is 7.05. The van der Waals surface area contributed by atoms with Crippen LogP contribution in [0.3, 0.4) is 0 Å². The van der Waals surface area contributed by atoms with Crippen molar-refractivity contribution in [2.45, 2.75) is 77.6 Å². The Morgan fingerprint density at radius 3 is 2.68 bits per heavy atom. The molecule has 5 atom stereocenters. The molecular formula is C16H32N2O. The molecule has 1 saturated carbocycles. The number of hydrogen-bond acceptors (Lipinski definition) is 3. The average Bonchev–Trinajstić information content (AvgIpc) is 2.42. The molecule has 0 aromatic carbocycles. The fourth-order valence-electron chi connectivity index (χ4n) is 3.86. The minimum Gasteiger partial charge on any atom is -0.376 e. The molecule has 1 saturated heterocycles. The van der Waals surface area contributed by atoms with Crippen LogP contribution in [0.4, 0.5) is 0 Å². The lowest BCUT2D eigenvalue weighted by Crippen LogP contribution is -2.60. The SMILES string of the molecule is CCNC1CCC(CC)CC1N1CC(C)OCC1C. The maximum Gasteiger partial charge on any atom is 0.0674 e. The van der Waals surface area contributed by atoms with Gasteiger partial charge in [-0.05, 0) is 45.6 Å². The molecule has 1 heterocycles. The Balaban J connectivity index is 2.06. The molecule has 2 aliphatic rings. The highest BCUT2D eigenvalue weighted by atomic mass is 16.5. The molecule has 2 fully saturated rings. The van der Waals surface area contributed by atoms with E-state index in [1.807, 2.05) is 0 Å². The van der Waals surface area contributed by atoms with Crippen molar-refractivity contribution in [3.63, 3.8) is 0 Å². The Morgan fingerprint density at radius 1 is 1.21 bits per heavy atom. The predicted molar refractivity (Wildman–Crippen MR) is 80.5 cm³/mol. The summed E-state index contributed by atoms with van der Waals surface area (Å²) in [7, 11) is 0. The van der Waals surface area contributed by atoms with Gasteiger partial charge in [0, 0.05) is 24.7 Å². The van der Waals surface area contributed by atoms with Crippen LogP contribution in [0.5, 0.6) is 0 Å². The van der Waals surface area contributed by atoms with Gasteiger partial charge in [-0.25, -0.2) is 0 Å². The van der Waals surface area contributed by atoms with Gasteiger partial charge in [0.2, 0.25) is 0 Å². The minimum atomic E-state index is 0.389. The van der Waals surface area contributed by atoms with Crippen LogP contribution in [0.15, 0.2) is 0 Å². The highest BCUT2D eigenvalue weighted by Crippen LogP contribution is 2.32. The average molecular weight is 268 g/mol. The molecule has 19 heavy (non-hydrogen) atoms. The van der Waals surface area contributed by atoms with Crippen molar-refractivity contribution >= 4 is 0 Å². The number of nitrogens with zero attached hydrogens (tertiary/aromatic N) is 1. The van der Waals surface area contributed by atoms with Gasteiger partial charge in [-0.1, -0.05) is 20.3 Å². The first-order valence-corrected chi connectivity index (χ1v) is 8.26. The first kappa shape index (κ1) is 15.3. The van der Waals surface area contributed by atoms with E-state index in [1.54, 1.807) is 0 Å². The monoisotopic (exact) mass is 268 g/mol. The number of ether oxygens (including phenoxy) is 1. The lowest BCUT2D eigenvalue weighted by molar-refractivity contribution is -0.0798. The third kappa shape index (κ3) is 3.71. The van der Waals surface area contributed by atoms with Crippen molar-refractivity contribution in [3.8, 4) is 0 Å². The van der Waals surface area contributed by atoms with E-state index in [0.717, 1.165) is 25.6 Å². The Kier molecular flexibility index (Phi) is 5.67. The van der Waals surface area contributed by atoms with E-state index in [1.165, 1.54) is 25.7 Å². The Morgan fingerprint density at radius 2 is 2.00 bits per heavy atom. The Hall–Kier alpha value is -0.120. The fraction of sp³-hybridized carbons (Fsp3) is 1.00. The van der Waals surface area contributed by atoms with Crippen LogP contribution in [-0.4, -0.2) is 48.8 Å². The van der Waals surface area contributed by atoms with Crippen molar-refractivity contribution in [3.05, 3.63) is 0 Å². The van der Waals surface area contributed by atoms with Crippen molar-refractivity contribution < 1.29 is 4.74 Å². The van der Waals surface area contributed by atoms with Gasteiger partial charge in [0.05, 0.1) is 12.7 Å². The second-order valence-corrected chi connectivity index (χ2v) is 6.51. The largest absolute Gasteiger partial charge is 0.376 e. The molecule has 1 aliphatic heterocycles. The molecule has 112 valence electrons. The van der Waals surface area contributed by atoms with Crippen molar-refractivity contribution in [1.82, 2.24) is 10.2 Å². The fourth-order valence-corrected chi connectivity index (χ4v) is 3.86. The van der Waals surface area contributed by atoms with Crippen molar-refractivity contribution in [2.75, 3.05) is 19.7 Å². The topological polar surface area (TPSA) is 24.5 Å². The van der Waals surface area contributed by atoms with Gasteiger partial charge in [0.25, 0.3) is 0 Å². The maximum atomic E-state index is 5.80. The van der Waals surface area contributed by atoms with Crippen LogP contribution in [-0.2, 0) is 4.74 Å². The first-order valence-electron chi connectivity index (χ1n) is 8.26.